The van der Waals surface area contributed by atoms with Crippen molar-refractivity contribution in [3.05, 3.63) is 65.2 Å². The van der Waals surface area contributed by atoms with E-state index in [4.69, 9.17) is 4.74 Å². The van der Waals surface area contributed by atoms with Crippen LogP contribution in [0.15, 0.2) is 53.5 Å². The van der Waals surface area contributed by atoms with E-state index < -0.39 is 9.84 Å². The van der Waals surface area contributed by atoms with E-state index >= 15 is 0 Å². The first-order valence-corrected chi connectivity index (χ1v) is 11.8. The zero-order valence-corrected chi connectivity index (χ0v) is 17.7. The third-order valence-corrected chi connectivity index (χ3v) is 6.52. The molecule has 0 amide bonds. The number of aliphatic imine (C=N–C) groups is 1. The third-order valence-electron chi connectivity index (χ3n) is 4.84. The van der Waals surface area contributed by atoms with Crippen LogP contribution in [0, 0.1) is 0 Å². The van der Waals surface area contributed by atoms with Crippen molar-refractivity contribution in [1.82, 2.24) is 10.6 Å². The molecule has 0 spiro atoms. The fourth-order valence-electron chi connectivity index (χ4n) is 3.34. The second-order valence-electron chi connectivity index (χ2n) is 7.15. The number of ether oxygens (including phenoxy) is 1. The van der Waals surface area contributed by atoms with Gasteiger partial charge in [-0.1, -0.05) is 42.5 Å². The molecule has 0 unspecified atom stereocenters. The molecule has 7 heteroatoms. The van der Waals surface area contributed by atoms with E-state index in [1.165, 1.54) is 11.1 Å². The average Bonchev–Trinajstić information content (AvgIpc) is 3.18. The number of sulfone groups is 1. The van der Waals surface area contributed by atoms with Crippen molar-refractivity contribution in [2.75, 3.05) is 32.5 Å². The predicted octanol–water partition coefficient (Wildman–Crippen LogP) is 2.33. The molecule has 1 heterocycles. The van der Waals surface area contributed by atoms with Gasteiger partial charge in [0.15, 0.2) is 15.8 Å². The van der Waals surface area contributed by atoms with Gasteiger partial charge < -0.3 is 15.4 Å². The minimum absolute atomic E-state index is 0.0899. The Morgan fingerprint density at radius 3 is 2.66 bits per heavy atom. The largest absolute Gasteiger partial charge is 0.493 e. The Morgan fingerprint density at radius 2 is 1.86 bits per heavy atom. The van der Waals surface area contributed by atoms with Gasteiger partial charge in [-0.3, -0.25) is 4.99 Å². The Hall–Kier alpha value is -2.54. The molecule has 6 nitrogen and oxygen atoms in total. The number of hydrogen-bond donors (Lipinski definition) is 2. The number of hydrogen-bond acceptors (Lipinski definition) is 4. The summed E-state index contributed by atoms with van der Waals surface area (Å²) in [5.41, 5.74) is 3.38. The van der Waals surface area contributed by atoms with E-state index in [-0.39, 0.29) is 11.5 Å². The monoisotopic (exact) mass is 415 g/mol. The van der Waals surface area contributed by atoms with Gasteiger partial charge in [-0.2, -0.15) is 0 Å². The Labute approximate surface area is 173 Å². The molecule has 0 aromatic heterocycles. The first kappa shape index (κ1) is 21.2. The molecule has 2 aromatic carbocycles. The molecule has 2 N–H and O–H groups in total. The van der Waals surface area contributed by atoms with Crippen LogP contribution in [0.2, 0.25) is 0 Å². The maximum Gasteiger partial charge on any atom is 0.190 e. The summed E-state index contributed by atoms with van der Waals surface area (Å²) in [7, 11) is -1.39. The summed E-state index contributed by atoms with van der Waals surface area (Å²) in [6.07, 6.45) is 2.41. The smallest absolute Gasteiger partial charge is 0.190 e. The summed E-state index contributed by atoms with van der Waals surface area (Å²) in [6.45, 7) is 2.09. The Kier molecular flexibility index (Phi) is 7.52. The summed E-state index contributed by atoms with van der Waals surface area (Å²) in [5, 5.41) is 6.47. The summed E-state index contributed by atoms with van der Waals surface area (Å²) in [6, 6.07) is 15.6. The highest BCUT2D eigenvalue weighted by Crippen LogP contribution is 2.25. The lowest BCUT2D eigenvalue weighted by Crippen LogP contribution is -2.39. The molecule has 3 rings (SSSR count). The second kappa shape index (κ2) is 10.3. The summed E-state index contributed by atoms with van der Waals surface area (Å²) in [4.78, 5) is 4.20. The molecule has 0 atom stereocenters. The lowest BCUT2D eigenvalue weighted by atomic mass is 10.1. The Balaban J connectivity index is 1.35. The van der Waals surface area contributed by atoms with Gasteiger partial charge in [-0.05, 0) is 35.6 Å². The van der Waals surface area contributed by atoms with E-state index in [0.717, 1.165) is 37.3 Å². The number of rotatable bonds is 9. The maximum absolute atomic E-state index is 12.2. The fourth-order valence-corrected chi connectivity index (χ4v) is 4.77. The lowest BCUT2D eigenvalue weighted by molar-refractivity contribution is 0.357. The molecule has 2 aromatic rings. The summed E-state index contributed by atoms with van der Waals surface area (Å²) in [5.74, 6) is 1.94. The fraction of sp³-hybridized carbons (Fsp3) is 0.409. The summed E-state index contributed by atoms with van der Waals surface area (Å²) < 4.78 is 30.0. The summed E-state index contributed by atoms with van der Waals surface area (Å²) >= 11 is 0. The molecule has 1 aliphatic heterocycles. The van der Waals surface area contributed by atoms with Gasteiger partial charge in [0.25, 0.3) is 0 Å². The third kappa shape index (κ3) is 6.78. The van der Waals surface area contributed by atoms with Crippen molar-refractivity contribution in [3.8, 4) is 5.75 Å². The SMILES string of the molecule is CN=C(NCCCS(=O)(=O)Cc1ccccc1)NCCc1ccc2c(c1)CCO2. The van der Waals surface area contributed by atoms with Crippen LogP contribution in [0.1, 0.15) is 23.1 Å². The quantitative estimate of drug-likeness (QED) is 0.373. The number of benzene rings is 2. The van der Waals surface area contributed by atoms with Crippen molar-refractivity contribution < 1.29 is 13.2 Å². The number of nitrogens with zero attached hydrogens (tertiary/aromatic N) is 1. The molecule has 0 fully saturated rings. The normalized spacial score (nSPS) is 13.6. The maximum atomic E-state index is 12.2. The molecule has 0 aliphatic carbocycles. The molecule has 0 bridgehead atoms. The van der Waals surface area contributed by atoms with Crippen LogP contribution >= 0.6 is 0 Å². The minimum Gasteiger partial charge on any atom is -0.493 e. The van der Waals surface area contributed by atoms with Gasteiger partial charge in [0.2, 0.25) is 0 Å². The Morgan fingerprint density at radius 1 is 1.07 bits per heavy atom. The molecule has 156 valence electrons. The van der Waals surface area contributed by atoms with E-state index in [9.17, 15) is 8.42 Å². The van der Waals surface area contributed by atoms with Crippen molar-refractivity contribution in [1.29, 1.82) is 0 Å². The van der Waals surface area contributed by atoms with Crippen molar-refractivity contribution >= 4 is 15.8 Å². The molecular formula is C22H29N3O3S. The van der Waals surface area contributed by atoms with Crippen molar-refractivity contribution in [2.24, 2.45) is 4.99 Å². The standard InChI is InChI=1S/C22H29N3O3S/c1-23-22(25-13-10-18-8-9-21-20(16-18)11-14-28-21)24-12-5-15-29(26,27)17-19-6-3-2-4-7-19/h2-4,6-9,16H,5,10-15,17H2,1H3,(H2,23,24,25). The number of fused-ring (bicyclic) bond motifs is 1. The molecule has 0 saturated heterocycles. The number of nitrogens with one attached hydrogen (secondary N) is 2. The second-order valence-corrected chi connectivity index (χ2v) is 9.33. The highest BCUT2D eigenvalue weighted by atomic mass is 32.2. The van der Waals surface area contributed by atoms with Crippen LogP contribution in [-0.4, -0.2) is 46.9 Å². The van der Waals surface area contributed by atoms with E-state index in [1.54, 1.807) is 7.05 Å². The Bertz CT molecular complexity index is 928. The van der Waals surface area contributed by atoms with Gasteiger partial charge in [0.1, 0.15) is 5.75 Å². The molecular weight excluding hydrogens is 386 g/mol. The van der Waals surface area contributed by atoms with Crippen LogP contribution < -0.4 is 15.4 Å². The highest BCUT2D eigenvalue weighted by molar-refractivity contribution is 7.90. The molecule has 29 heavy (non-hydrogen) atoms. The van der Waals surface area contributed by atoms with Gasteiger partial charge in [-0.25, -0.2) is 8.42 Å². The van der Waals surface area contributed by atoms with Crippen molar-refractivity contribution in [2.45, 2.75) is 25.0 Å². The lowest BCUT2D eigenvalue weighted by Gasteiger charge is -2.12. The van der Waals surface area contributed by atoms with Crippen LogP contribution in [-0.2, 0) is 28.4 Å². The molecule has 0 saturated carbocycles. The molecule has 0 radical (unpaired) electrons. The van der Waals surface area contributed by atoms with E-state index in [0.29, 0.717) is 18.9 Å². The van der Waals surface area contributed by atoms with E-state index in [1.807, 2.05) is 36.4 Å². The van der Waals surface area contributed by atoms with Crippen molar-refractivity contribution in [3.63, 3.8) is 0 Å². The van der Waals surface area contributed by atoms with Crippen LogP contribution in [0.3, 0.4) is 0 Å². The minimum atomic E-state index is -3.11. The first-order valence-electron chi connectivity index (χ1n) is 9.99. The van der Waals surface area contributed by atoms with Gasteiger partial charge >= 0.3 is 0 Å². The first-order chi connectivity index (χ1) is 14.1. The van der Waals surface area contributed by atoms with Gasteiger partial charge in [0, 0.05) is 26.6 Å². The average molecular weight is 416 g/mol. The van der Waals surface area contributed by atoms with Gasteiger partial charge in [-0.15, -0.1) is 0 Å². The zero-order valence-electron chi connectivity index (χ0n) is 16.9. The topological polar surface area (TPSA) is 79.8 Å². The van der Waals surface area contributed by atoms with Crippen LogP contribution in [0.5, 0.6) is 5.75 Å². The molecule has 1 aliphatic rings. The van der Waals surface area contributed by atoms with Gasteiger partial charge in [0.05, 0.1) is 18.1 Å². The van der Waals surface area contributed by atoms with Crippen LogP contribution in [0.4, 0.5) is 0 Å². The predicted molar refractivity (Wildman–Crippen MR) is 117 cm³/mol. The zero-order chi connectivity index (χ0) is 20.5. The van der Waals surface area contributed by atoms with Crippen LogP contribution in [0.25, 0.3) is 0 Å². The van der Waals surface area contributed by atoms with E-state index in [2.05, 4.69) is 27.8 Å². The number of guanidine groups is 1. The highest BCUT2D eigenvalue weighted by Gasteiger charge is 2.13.